The number of rotatable bonds is 14. The first-order valence-electron chi connectivity index (χ1n) is 9.62. The lowest BCUT2D eigenvalue weighted by molar-refractivity contribution is -0.142. The van der Waals surface area contributed by atoms with Crippen molar-refractivity contribution in [3.8, 4) is 0 Å². The molecule has 0 saturated carbocycles. The van der Waals surface area contributed by atoms with Crippen LogP contribution in [0.1, 0.15) is 25.5 Å². The molecule has 0 saturated heterocycles. The quantitative estimate of drug-likeness (QED) is 0.159. The van der Waals surface area contributed by atoms with Gasteiger partial charge in [0.25, 0.3) is 0 Å². The molecule has 0 aliphatic heterocycles. The summed E-state index contributed by atoms with van der Waals surface area (Å²) in [6, 6.07) is -4.78. The molecular formula is C18H28N6O7S. The molecule has 0 bridgehead atoms. The first kappa shape index (κ1) is 26.9. The normalized spacial score (nSPS) is 14.5. The van der Waals surface area contributed by atoms with E-state index in [-0.39, 0.29) is 12.8 Å². The van der Waals surface area contributed by atoms with Gasteiger partial charge in [0.15, 0.2) is 0 Å². The van der Waals surface area contributed by atoms with Crippen molar-refractivity contribution in [1.29, 1.82) is 0 Å². The standard InChI is InChI=1S/C18H28N6O7S/c1-9(15(27)23-12(18(30)31)3-4-32-2)22-17(29)13(5-10-7-20-8-21-10)24-16(28)11(19)6-14(25)26/h7-9,11-13H,3-6,19H2,1-2H3,(H,20,21)(H,22,29)(H,23,27)(H,24,28)(H,25,26)(H,30,31). The van der Waals surface area contributed by atoms with Gasteiger partial charge in [-0.3, -0.25) is 19.2 Å². The Labute approximate surface area is 188 Å². The van der Waals surface area contributed by atoms with E-state index in [9.17, 15) is 29.1 Å². The Morgan fingerprint density at radius 3 is 2.28 bits per heavy atom. The van der Waals surface area contributed by atoms with Crippen molar-refractivity contribution in [1.82, 2.24) is 25.9 Å². The molecule has 14 heteroatoms. The van der Waals surface area contributed by atoms with Crippen LogP contribution in [-0.4, -0.2) is 86.0 Å². The first-order chi connectivity index (χ1) is 15.0. The Morgan fingerprint density at radius 2 is 1.75 bits per heavy atom. The minimum Gasteiger partial charge on any atom is -0.481 e. The molecule has 0 radical (unpaired) electrons. The van der Waals surface area contributed by atoms with Gasteiger partial charge in [0, 0.05) is 18.3 Å². The molecule has 0 aromatic carbocycles. The molecule has 13 nitrogen and oxygen atoms in total. The molecule has 1 heterocycles. The zero-order valence-corrected chi connectivity index (χ0v) is 18.5. The lowest BCUT2D eigenvalue weighted by atomic mass is 10.1. The number of carboxylic acids is 2. The number of thioether (sulfide) groups is 1. The van der Waals surface area contributed by atoms with E-state index >= 15 is 0 Å². The number of carboxylic acid groups (broad SMARTS) is 2. The summed E-state index contributed by atoms with van der Waals surface area (Å²) >= 11 is 1.43. The highest BCUT2D eigenvalue weighted by Crippen LogP contribution is 2.03. The number of aromatic amines is 1. The van der Waals surface area contributed by atoms with Gasteiger partial charge in [0.1, 0.15) is 18.1 Å². The third kappa shape index (κ3) is 9.34. The number of hydrogen-bond acceptors (Lipinski definition) is 8. The number of hydrogen-bond donors (Lipinski definition) is 7. The van der Waals surface area contributed by atoms with E-state index in [1.807, 2.05) is 0 Å². The second kappa shape index (κ2) is 13.3. The van der Waals surface area contributed by atoms with Crippen molar-refractivity contribution in [3.63, 3.8) is 0 Å². The minimum atomic E-state index is -1.38. The second-order valence-electron chi connectivity index (χ2n) is 6.96. The largest absolute Gasteiger partial charge is 0.481 e. The number of carbonyl (C=O) groups excluding carboxylic acids is 3. The fourth-order valence-electron chi connectivity index (χ4n) is 2.55. The first-order valence-corrected chi connectivity index (χ1v) is 11.0. The Hall–Kier alpha value is -3.13. The number of imidazole rings is 1. The molecule has 0 fully saturated rings. The molecule has 8 N–H and O–H groups in total. The fraction of sp³-hybridized carbons (Fsp3) is 0.556. The maximum Gasteiger partial charge on any atom is 0.326 e. The predicted octanol–water partition coefficient (Wildman–Crippen LogP) is -1.93. The molecule has 0 aliphatic rings. The van der Waals surface area contributed by atoms with Crippen LogP contribution < -0.4 is 21.7 Å². The lowest BCUT2D eigenvalue weighted by Crippen LogP contribution is -2.57. The molecule has 32 heavy (non-hydrogen) atoms. The highest BCUT2D eigenvalue weighted by atomic mass is 32.2. The summed E-state index contributed by atoms with van der Waals surface area (Å²) in [6.45, 7) is 1.37. The molecule has 1 aromatic heterocycles. The third-order valence-corrected chi connectivity index (χ3v) is 4.96. The Kier molecular flexibility index (Phi) is 11.2. The number of aliphatic carboxylic acids is 2. The maximum atomic E-state index is 12.7. The van der Waals surface area contributed by atoms with E-state index in [1.165, 1.54) is 31.2 Å². The van der Waals surface area contributed by atoms with E-state index in [4.69, 9.17) is 10.8 Å². The van der Waals surface area contributed by atoms with Crippen LogP contribution in [0.4, 0.5) is 0 Å². The fourth-order valence-corrected chi connectivity index (χ4v) is 3.03. The van der Waals surface area contributed by atoms with Crippen molar-refractivity contribution in [3.05, 3.63) is 18.2 Å². The van der Waals surface area contributed by atoms with Gasteiger partial charge in [-0.1, -0.05) is 0 Å². The third-order valence-electron chi connectivity index (χ3n) is 4.32. The minimum absolute atomic E-state index is 0.0306. The van der Waals surface area contributed by atoms with Crippen molar-refractivity contribution >= 4 is 41.4 Å². The number of H-pyrrole nitrogens is 1. The van der Waals surface area contributed by atoms with Crippen molar-refractivity contribution in [2.45, 2.75) is 50.4 Å². The Morgan fingerprint density at radius 1 is 1.09 bits per heavy atom. The summed E-state index contributed by atoms with van der Waals surface area (Å²) < 4.78 is 0. The average Bonchev–Trinajstić information content (AvgIpc) is 3.22. The van der Waals surface area contributed by atoms with E-state index in [0.717, 1.165) is 0 Å². The van der Waals surface area contributed by atoms with E-state index in [0.29, 0.717) is 11.4 Å². The van der Waals surface area contributed by atoms with Crippen molar-refractivity contribution in [2.24, 2.45) is 5.73 Å². The number of aromatic nitrogens is 2. The molecule has 0 aliphatic carbocycles. The van der Waals surface area contributed by atoms with E-state index < -0.39 is 60.2 Å². The molecule has 4 atom stereocenters. The monoisotopic (exact) mass is 472 g/mol. The van der Waals surface area contributed by atoms with Crippen LogP contribution >= 0.6 is 11.8 Å². The van der Waals surface area contributed by atoms with Crippen molar-refractivity contribution < 1.29 is 34.2 Å². The van der Waals surface area contributed by atoms with Gasteiger partial charge in [-0.25, -0.2) is 9.78 Å². The molecule has 0 spiro atoms. The van der Waals surface area contributed by atoms with Crippen LogP contribution in [0.2, 0.25) is 0 Å². The number of carbonyl (C=O) groups is 5. The highest BCUT2D eigenvalue weighted by molar-refractivity contribution is 7.98. The lowest BCUT2D eigenvalue weighted by Gasteiger charge is -2.23. The van der Waals surface area contributed by atoms with E-state index in [2.05, 4.69) is 25.9 Å². The van der Waals surface area contributed by atoms with Crippen LogP contribution in [0.3, 0.4) is 0 Å². The zero-order valence-electron chi connectivity index (χ0n) is 17.7. The van der Waals surface area contributed by atoms with Crippen LogP contribution in [0.5, 0.6) is 0 Å². The molecule has 3 amide bonds. The van der Waals surface area contributed by atoms with Crippen LogP contribution in [0.15, 0.2) is 12.5 Å². The maximum absolute atomic E-state index is 12.7. The summed E-state index contributed by atoms with van der Waals surface area (Å²) in [5.41, 5.74) is 6.04. The van der Waals surface area contributed by atoms with E-state index in [1.54, 1.807) is 6.26 Å². The van der Waals surface area contributed by atoms with Gasteiger partial charge in [-0.15, -0.1) is 0 Å². The molecule has 1 rings (SSSR count). The number of nitrogens with one attached hydrogen (secondary N) is 4. The van der Waals surface area contributed by atoms with Gasteiger partial charge >= 0.3 is 11.9 Å². The summed E-state index contributed by atoms with van der Waals surface area (Å²) in [5, 5.41) is 25.2. The van der Waals surface area contributed by atoms with Crippen molar-refractivity contribution in [2.75, 3.05) is 12.0 Å². The second-order valence-corrected chi connectivity index (χ2v) is 7.94. The van der Waals surface area contributed by atoms with Gasteiger partial charge in [-0.2, -0.15) is 11.8 Å². The van der Waals surface area contributed by atoms with Gasteiger partial charge in [-0.05, 0) is 25.4 Å². The Balaban J connectivity index is 2.82. The number of nitrogens with two attached hydrogens (primary N) is 1. The summed E-state index contributed by atoms with van der Waals surface area (Å²) in [4.78, 5) is 66.0. The molecule has 178 valence electrons. The van der Waals surface area contributed by atoms with Crippen LogP contribution in [0.25, 0.3) is 0 Å². The highest BCUT2D eigenvalue weighted by Gasteiger charge is 2.29. The van der Waals surface area contributed by atoms with Crippen LogP contribution in [-0.2, 0) is 30.4 Å². The smallest absolute Gasteiger partial charge is 0.326 e. The topological polar surface area (TPSA) is 217 Å². The van der Waals surface area contributed by atoms with Crippen LogP contribution in [0, 0.1) is 0 Å². The Bertz CT molecular complexity index is 804. The molecule has 4 unspecified atom stereocenters. The molecule has 1 aromatic rings. The zero-order chi connectivity index (χ0) is 24.3. The van der Waals surface area contributed by atoms with Gasteiger partial charge < -0.3 is 36.9 Å². The summed E-state index contributed by atoms with van der Waals surface area (Å²) in [6.07, 6.45) is 4.16. The summed E-state index contributed by atoms with van der Waals surface area (Å²) in [7, 11) is 0. The molecular weight excluding hydrogens is 444 g/mol. The van der Waals surface area contributed by atoms with Gasteiger partial charge in [0.05, 0.1) is 18.8 Å². The predicted molar refractivity (Wildman–Crippen MR) is 115 cm³/mol. The SMILES string of the molecule is CSCCC(NC(=O)C(C)NC(=O)C(Cc1cnc[nH]1)NC(=O)C(N)CC(=O)O)C(=O)O. The van der Waals surface area contributed by atoms with Gasteiger partial charge in [0.2, 0.25) is 17.7 Å². The average molecular weight is 473 g/mol. The summed E-state index contributed by atoms with van der Waals surface area (Å²) in [5.74, 6) is -4.25. The number of amides is 3. The number of nitrogens with zero attached hydrogens (tertiary/aromatic N) is 1.